The maximum Gasteiger partial charge on any atom is 0.306 e. The molecule has 1 amide bonds. The average Bonchev–Trinajstić information content (AvgIpc) is 2.74. The molecule has 0 unspecified atom stereocenters. The molecule has 0 spiro atoms. The fourth-order valence-corrected chi connectivity index (χ4v) is 2.84. The third-order valence-electron chi connectivity index (χ3n) is 4.12. The van der Waals surface area contributed by atoms with Crippen molar-refractivity contribution in [1.29, 1.82) is 0 Å². The lowest BCUT2D eigenvalue weighted by Gasteiger charge is -2.10. The van der Waals surface area contributed by atoms with E-state index in [1.165, 1.54) is 19.2 Å². The SMILES string of the molecule is COc1ccc(CCC(=O)OCCNC(=O)c2ccc([N+](=O)[O-])cc2Cl)cc1OC. The molecule has 0 saturated carbocycles. The van der Waals surface area contributed by atoms with E-state index in [4.69, 9.17) is 25.8 Å². The van der Waals surface area contributed by atoms with Crippen molar-refractivity contribution in [3.05, 3.63) is 62.7 Å². The van der Waals surface area contributed by atoms with Gasteiger partial charge in [-0.2, -0.15) is 0 Å². The van der Waals surface area contributed by atoms with Crippen molar-refractivity contribution in [2.75, 3.05) is 27.4 Å². The number of carbonyl (C=O) groups is 2. The Morgan fingerprint density at radius 3 is 2.47 bits per heavy atom. The molecule has 10 heteroatoms. The molecule has 0 saturated heterocycles. The summed E-state index contributed by atoms with van der Waals surface area (Å²) in [6.07, 6.45) is 0.627. The summed E-state index contributed by atoms with van der Waals surface area (Å²) < 4.78 is 15.5. The Morgan fingerprint density at radius 2 is 1.83 bits per heavy atom. The predicted octanol–water partition coefficient (Wildman–Crippen LogP) is 3.17. The Kier molecular flexibility index (Phi) is 8.42. The van der Waals surface area contributed by atoms with Crippen LogP contribution >= 0.6 is 11.6 Å². The summed E-state index contributed by atoms with van der Waals surface area (Å²) in [4.78, 5) is 34.1. The monoisotopic (exact) mass is 436 g/mol. The molecule has 0 aliphatic rings. The fraction of sp³-hybridized carbons (Fsp3) is 0.300. The number of aryl methyl sites for hydroxylation is 1. The van der Waals surface area contributed by atoms with Crippen LogP contribution in [-0.4, -0.2) is 44.2 Å². The van der Waals surface area contributed by atoms with E-state index in [1.54, 1.807) is 19.2 Å². The van der Waals surface area contributed by atoms with Crippen molar-refractivity contribution in [3.8, 4) is 11.5 Å². The van der Waals surface area contributed by atoms with Gasteiger partial charge in [0.1, 0.15) is 6.61 Å². The van der Waals surface area contributed by atoms with Crippen LogP contribution in [0.2, 0.25) is 5.02 Å². The van der Waals surface area contributed by atoms with Gasteiger partial charge in [-0.1, -0.05) is 17.7 Å². The highest BCUT2D eigenvalue weighted by molar-refractivity contribution is 6.34. The molecule has 0 aromatic heterocycles. The minimum atomic E-state index is -0.602. The number of ether oxygens (including phenoxy) is 3. The molecule has 2 aromatic rings. The smallest absolute Gasteiger partial charge is 0.306 e. The first-order chi connectivity index (χ1) is 14.3. The average molecular weight is 437 g/mol. The highest BCUT2D eigenvalue weighted by atomic mass is 35.5. The summed E-state index contributed by atoms with van der Waals surface area (Å²) in [5.41, 5.74) is 0.785. The van der Waals surface area contributed by atoms with Crippen molar-refractivity contribution in [3.63, 3.8) is 0 Å². The normalized spacial score (nSPS) is 10.2. The second-order valence-corrected chi connectivity index (χ2v) is 6.49. The number of halogens is 1. The van der Waals surface area contributed by atoms with Gasteiger partial charge in [0.05, 0.1) is 36.3 Å². The van der Waals surface area contributed by atoms with E-state index < -0.39 is 16.8 Å². The zero-order chi connectivity index (χ0) is 22.1. The Morgan fingerprint density at radius 1 is 1.10 bits per heavy atom. The number of nitrogens with one attached hydrogen (secondary N) is 1. The van der Waals surface area contributed by atoms with Gasteiger partial charge >= 0.3 is 5.97 Å². The van der Waals surface area contributed by atoms with Crippen LogP contribution in [0, 0.1) is 10.1 Å². The number of hydrogen-bond acceptors (Lipinski definition) is 7. The molecule has 0 aliphatic carbocycles. The van der Waals surface area contributed by atoms with Gasteiger partial charge in [0, 0.05) is 18.6 Å². The van der Waals surface area contributed by atoms with Gasteiger partial charge in [-0.3, -0.25) is 19.7 Å². The first-order valence-corrected chi connectivity index (χ1v) is 9.32. The Hall–Kier alpha value is -3.33. The van der Waals surface area contributed by atoms with Crippen molar-refractivity contribution in [1.82, 2.24) is 5.32 Å². The Balaban J connectivity index is 1.74. The number of non-ortho nitro benzene ring substituents is 1. The molecule has 1 N–H and O–H groups in total. The number of methoxy groups -OCH3 is 2. The van der Waals surface area contributed by atoms with Crippen molar-refractivity contribution < 1.29 is 28.7 Å². The summed E-state index contributed by atoms with van der Waals surface area (Å²) >= 11 is 5.90. The Bertz CT molecular complexity index is 933. The maximum absolute atomic E-state index is 12.1. The van der Waals surface area contributed by atoms with Crippen LogP contribution < -0.4 is 14.8 Å². The van der Waals surface area contributed by atoms with Crippen molar-refractivity contribution in [2.45, 2.75) is 12.8 Å². The number of nitrogens with zero attached hydrogens (tertiary/aromatic N) is 1. The van der Waals surface area contributed by atoms with E-state index in [2.05, 4.69) is 5.32 Å². The number of rotatable bonds is 10. The topological polar surface area (TPSA) is 117 Å². The van der Waals surface area contributed by atoms with Gasteiger partial charge in [0.25, 0.3) is 11.6 Å². The van der Waals surface area contributed by atoms with E-state index >= 15 is 0 Å². The molecule has 0 atom stereocenters. The molecule has 0 bridgehead atoms. The largest absolute Gasteiger partial charge is 0.493 e. The number of amides is 1. The summed E-state index contributed by atoms with van der Waals surface area (Å²) in [6, 6.07) is 8.95. The van der Waals surface area contributed by atoms with Gasteiger partial charge < -0.3 is 19.5 Å². The number of benzene rings is 2. The Labute approximate surface area is 178 Å². The molecule has 30 heavy (non-hydrogen) atoms. The zero-order valence-electron chi connectivity index (χ0n) is 16.5. The van der Waals surface area contributed by atoms with Crippen LogP contribution in [0.3, 0.4) is 0 Å². The summed E-state index contributed by atoms with van der Waals surface area (Å²) in [6.45, 7) is 0.0648. The number of nitro benzene ring substituents is 1. The lowest BCUT2D eigenvalue weighted by Crippen LogP contribution is -2.28. The van der Waals surface area contributed by atoms with Crippen molar-refractivity contribution in [2.24, 2.45) is 0 Å². The molecule has 9 nitrogen and oxygen atoms in total. The number of esters is 1. The number of carbonyl (C=O) groups excluding carboxylic acids is 2. The number of nitro groups is 1. The van der Waals surface area contributed by atoms with Crippen LogP contribution in [0.1, 0.15) is 22.3 Å². The van der Waals surface area contributed by atoms with E-state index in [-0.39, 0.29) is 35.8 Å². The first-order valence-electron chi connectivity index (χ1n) is 8.94. The standard InChI is InChI=1S/C20H21ClN2O7/c1-28-17-7-3-13(11-18(17)29-2)4-8-19(24)30-10-9-22-20(25)15-6-5-14(23(26)27)12-16(15)21/h3,5-7,11-12H,4,8-10H2,1-2H3,(H,22,25). The molecular weight excluding hydrogens is 416 g/mol. The molecule has 0 aliphatic heterocycles. The third-order valence-corrected chi connectivity index (χ3v) is 4.44. The van der Waals surface area contributed by atoms with E-state index in [9.17, 15) is 19.7 Å². The molecular formula is C20H21ClN2O7. The minimum Gasteiger partial charge on any atom is -0.493 e. The summed E-state index contributed by atoms with van der Waals surface area (Å²) in [5, 5.41) is 13.2. The molecule has 0 fully saturated rings. The predicted molar refractivity (Wildman–Crippen MR) is 109 cm³/mol. The second-order valence-electron chi connectivity index (χ2n) is 6.09. The first kappa shape index (κ1) is 23.0. The van der Waals surface area contributed by atoms with Crippen LogP contribution in [-0.2, 0) is 16.0 Å². The maximum atomic E-state index is 12.1. The summed E-state index contributed by atoms with van der Waals surface area (Å²) in [5.74, 6) is 0.257. The van der Waals surface area contributed by atoms with Crippen LogP contribution in [0.15, 0.2) is 36.4 Å². The molecule has 0 heterocycles. The van der Waals surface area contributed by atoms with Gasteiger partial charge in [-0.25, -0.2) is 0 Å². The van der Waals surface area contributed by atoms with E-state index in [1.807, 2.05) is 6.07 Å². The second kappa shape index (κ2) is 11.0. The molecule has 0 radical (unpaired) electrons. The van der Waals surface area contributed by atoms with E-state index in [0.29, 0.717) is 17.9 Å². The van der Waals surface area contributed by atoms with Gasteiger partial charge in [0.15, 0.2) is 11.5 Å². The van der Waals surface area contributed by atoms with Crippen LogP contribution in [0.25, 0.3) is 0 Å². The molecule has 2 rings (SSSR count). The van der Waals surface area contributed by atoms with Gasteiger partial charge in [-0.15, -0.1) is 0 Å². The van der Waals surface area contributed by atoms with Gasteiger partial charge in [-0.05, 0) is 30.2 Å². The fourth-order valence-electron chi connectivity index (χ4n) is 2.58. The lowest BCUT2D eigenvalue weighted by atomic mass is 10.1. The van der Waals surface area contributed by atoms with E-state index in [0.717, 1.165) is 11.6 Å². The highest BCUT2D eigenvalue weighted by Crippen LogP contribution is 2.28. The van der Waals surface area contributed by atoms with Gasteiger partial charge in [0.2, 0.25) is 0 Å². The van der Waals surface area contributed by atoms with Crippen LogP contribution in [0.5, 0.6) is 11.5 Å². The third kappa shape index (κ3) is 6.35. The highest BCUT2D eigenvalue weighted by Gasteiger charge is 2.15. The summed E-state index contributed by atoms with van der Waals surface area (Å²) in [7, 11) is 3.08. The number of hydrogen-bond donors (Lipinski definition) is 1. The van der Waals surface area contributed by atoms with Crippen LogP contribution in [0.4, 0.5) is 5.69 Å². The van der Waals surface area contributed by atoms with Crippen molar-refractivity contribution >= 4 is 29.2 Å². The zero-order valence-corrected chi connectivity index (χ0v) is 17.2. The molecule has 160 valence electrons. The molecule has 2 aromatic carbocycles. The minimum absolute atomic E-state index is 0.0128. The lowest BCUT2D eigenvalue weighted by molar-refractivity contribution is -0.384. The quantitative estimate of drug-likeness (QED) is 0.263.